The lowest BCUT2D eigenvalue weighted by atomic mass is 9.77. The van der Waals surface area contributed by atoms with E-state index in [1.165, 1.54) is 5.56 Å². The number of aryl methyl sites for hydroxylation is 1. The van der Waals surface area contributed by atoms with Gasteiger partial charge in [-0.25, -0.2) is 9.97 Å². The molecular formula is C21H25ClN4O2. The second-order valence-electron chi connectivity index (χ2n) is 7.89. The van der Waals surface area contributed by atoms with Crippen LogP contribution in [0.25, 0.3) is 0 Å². The fourth-order valence-electron chi connectivity index (χ4n) is 4.47. The number of ether oxygens (including phenoxy) is 1. The molecule has 0 radical (unpaired) electrons. The first-order valence-electron chi connectivity index (χ1n) is 9.60. The number of hydrogen-bond acceptors (Lipinski definition) is 5. The van der Waals surface area contributed by atoms with Crippen LogP contribution in [0.15, 0.2) is 24.4 Å². The number of hydrogen-bond donors (Lipinski definition) is 0. The minimum absolute atomic E-state index is 0.0336. The number of benzene rings is 1. The number of piperidine rings is 1. The third-order valence-electron chi connectivity index (χ3n) is 5.88. The summed E-state index contributed by atoms with van der Waals surface area (Å²) in [4.78, 5) is 26.5. The molecule has 6 nitrogen and oxygen atoms in total. The Morgan fingerprint density at radius 2 is 2.14 bits per heavy atom. The molecule has 1 saturated heterocycles. The van der Waals surface area contributed by atoms with Crippen molar-refractivity contribution >= 4 is 23.5 Å². The van der Waals surface area contributed by atoms with Crippen LogP contribution >= 0.6 is 11.6 Å². The van der Waals surface area contributed by atoms with E-state index in [1.54, 1.807) is 25.3 Å². The van der Waals surface area contributed by atoms with Gasteiger partial charge in [0.1, 0.15) is 5.75 Å². The van der Waals surface area contributed by atoms with E-state index in [9.17, 15) is 4.79 Å². The lowest BCUT2D eigenvalue weighted by molar-refractivity contribution is 0.0630. The summed E-state index contributed by atoms with van der Waals surface area (Å²) in [5.41, 5.74) is 2.74. The molecule has 2 aliphatic rings. The maximum absolute atomic E-state index is 13.3. The molecule has 1 spiro atoms. The molecule has 2 heterocycles. The smallest absolute Gasteiger partial charge is 0.257 e. The largest absolute Gasteiger partial charge is 0.496 e. The molecule has 1 amide bonds. The zero-order chi connectivity index (χ0) is 19.9. The van der Waals surface area contributed by atoms with E-state index in [1.807, 2.05) is 30.1 Å². The lowest BCUT2D eigenvalue weighted by Crippen LogP contribution is -2.48. The van der Waals surface area contributed by atoms with Gasteiger partial charge in [-0.15, -0.1) is 0 Å². The van der Waals surface area contributed by atoms with E-state index in [2.05, 4.69) is 4.98 Å². The van der Waals surface area contributed by atoms with Crippen molar-refractivity contribution in [1.29, 1.82) is 0 Å². The van der Waals surface area contributed by atoms with Gasteiger partial charge in [0.05, 0.1) is 18.4 Å². The van der Waals surface area contributed by atoms with Crippen molar-refractivity contribution in [2.75, 3.05) is 39.2 Å². The quantitative estimate of drug-likeness (QED) is 0.791. The van der Waals surface area contributed by atoms with Gasteiger partial charge in [0, 0.05) is 43.8 Å². The van der Waals surface area contributed by atoms with Crippen LogP contribution in [-0.4, -0.2) is 55.1 Å². The van der Waals surface area contributed by atoms with Crippen LogP contribution < -0.4 is 9.64 Å². The number of carbonyl (C=O) groups is 1. The molecule has 1 aromatic heterocycles. The monoisotopic (exact) mass is 400 g/mol. The highest BCUT2D eigenvalue weighted by atomic mass is 35.5. The summed E-state index contributed by atoms with van der Waals surface area (Å²) in [6.45, 7) is 1.40. The summed E-state index contributed by atoms with van der Waals surface area (Å²) < 4.78 is 5.40. The van der Waals surface area contributed by atoms with E-state index in [0.29, 0.717) is 22.9 Å². The Balaban J connectivity index is 1.66. The number of nitrogens with zero attached hydrogens (tertiary/aromatic N) is 4. The molecule has 0 saturated carbocycles. The Bertz CT molecular complexity index is 913. The van der Waals surface area contributed by atoms with Gasteiger partial charge >= 0.3 is 0 Å². The average Bonchev–Trinajstić information content (AvgIpc) is 3.04. The molecule has 4 rings (SSSR count). The highest BCUT2D eigenvalue weighted by molar-refractivity contribution is 6.31. The van der Waals surface area contributed by atoms with E-state index in [-0.39, 0.29) is 11.3 Å². The van der Waals surface area contributed by atoms with E-state index < -0.39 is 0 Å². The fourth-order valence-corrected chi connectivity index (χ4v) is 4.64. The molecule has 2 aromatic rings. The molecular weight excluding hydrogens is 376 g/mol. The van der Waals surface area contributed by atoms with Crippen LogP contribution in [0, 0.1) is 0 Å². The van der Waals surface area contributed by atoms with Gasteiger partial charge in [-0.2, -0.15) is 0 Å². The van der Waals surface area contributed by atoms with Gasteiger partial charge in [-0.1, -0.05) is 11.6 Å². The normalized spacial score (nSPS) is 20.9. The Kier molecular flexibility index (Phi) is 4.91. The number of rotatable bonds is 3. The molecule has 1 aliphatic heterocycles. The van der Waals surface area contributed by atoms with Crippen molar-refractivity contribution in [1.82, 2.24) is 14.9 Å². The van der Waals surface area contributed by atoms with Crippen LogP contribution in [-0.2, 0) is 11.8 Å². The first kappa shape index (κ1) is 19.0. The summed E-state index contributed by atoms with van der Waals surface area (Å²) in [6, 6.07) is 5.18. The first-order valence-corrected chi connectivity index (χ1v) is 9.98. The number of amides is 1. The van der Waals surface area contributed by atoms with Crippen molar-refractivity contribution < 1.29 is 9.53 Å². The zero-order valence-corrected chi connectivity index (χ0v) is 17.3. The van der Waals surface area contributed by atoms with Gasteiger partial charge in [0.2, 0.25) is 5.95 Å². The molecule has 0 bridgehead atoms. The number of halogens is 1. The number of methoxy groups -OCH3 is 1. The maximum Gasteiger partial charge on any atom is 0.257 e. The van der Waals surface area contributed by atoms with Gasteiger partial charge in [0.25, 0.3) is 5.91 Å². The molecule has 148 valence electrons. The summed E-state index contributed by atoms with van der Waals surface area (Å²) in [6.07, 6.45) is 5.92. The van der Waals surface area contributed by atoms with Crippen molar-refractivity contribution in [3.8, 4) is 5.75 Å². The highest BCUT2D eigenvalue weighted by Gasteiger charge is 2.45. The predicted octanol–water partition coefficient (Wildman–Crippen LogP) is 3.32. The Morgan fingerprint density at radius 1 is 1.32 bits per heavy atom. The van der Waals surface area contributed by atoms with Gasteiger partial charge in [0.15, 0.2) is 0 Å². The lowest BCUT2D eigenvalue weighted by Gasteiger charge is -2.40. The topological polar surface area (TPSA) is 58.6 Å². The predicted molar refractivity (Wildman–Crippen MR) is 109 cm³/mol. The van der Waals surface area contributed by atoms with Crippen LogP contribution in [0.1, 0.15) is 40.9 Å². The van der Waals surface area contributed by atoms with Gasteiger partial charge < -0.3 is 14.5 Å². The first-order chi connectivity index (χ1) is 13.4. The Labute approximate surface area is 170 Å². The maximum atomic E-state index is 13.3. The third-order valence-corrected chi connectivity index (χ3v) is 6.12. The van der Waals surface area contributed by atoms with Crippen molar-refractivity contribution in [3.63, 3.8) is 0 Å². The van der Waals surface area contributed by atoms with Crippen LogP contribution in [0.3, 0.4) is 0 Å². The van der Waals surface area contributed by atoms with E-state index >= 15 is 0 Å². The van der Waals surface area contributed by atoms with Crippen molar-refractivity contribution in [2.45, 2.75) is 31.1 Å². The SMILES string of the molecule is COc1ccc(Cl)cc1C(=O)N1CCCC2(CCc3cnc(N(C)C)nc32)C1. The minimum Gasteiger partial charge on any atom is -0.496 e. The molecule has 0 N–H and O–H groups in total. The summed E-state index contributed by atoms with van der Waals surface area (Å²) in [5, 5.41) is 0.533. The Hall–Kier alpha value is -2.34. The van der Waals surface area contributed by atoms with E-state index in [0.717, 1.165) is 43.9 Å². The Morgan fingerprint density at radius 3 is 2.89 bits per heavy atom. The highest BCUT2D eigenvalue weighted by Crippen LogP contribution is 2.44. The minimum atomic E-state index is -0.0945. The van der Waals surface area contributed by atoms with Crippen LogP contribution in [0.4, 0.5) is 5.95 Å². The summed E-state index contributed by atoms with van der Waals surface area (Å²) in [7, 11) is 5.47. The number of likely N-dealkylation sites (tertiary alicyclic amines) is 1. The molecule has 1 aliphatic carbocycles. The second-order valence-corrected chi connectivity index (χ2v) is 8.33. The molecule has 1 fully saturated rings. The third kappa shape index (κ3) is 3.20. The molecule has 1 atom stereocenters. The average molecular weight is 401 g/mol. The van der Waals surface area contributed by atoms with Gasteiger partial charge in [-0.05, 0) is 49.4 Å². The molecule has 1 unspecified atom stereocenters. The standard InChI is InChI=1S/C21H25ClN4O2/c1-25(2)20-23-12-14-7-9-21(18(14)24-20)8-4-10-26(13-21)19(27)16-11-15(22)5-6-17(16)28-3/h5-6,11-12H,4,7-10,13H2,1-3H3. The van der Waals surface area contributed by atoms with Gasteiger partial charge in [-0.3, -0.25) is 4.79 Å². The van der Waals surface area contributed by atoms with Crippen LogP contribution in [0.5, 0.6) is 5.75 Å². The van der Waals surface area contributed by atoms with Crippen molar-refractivity contribution in [2.24, 2.45) is 0 Å². The van der Waals surface area contributed by atoms with Crippen molar-refractivity contribution in [3.05, 3.63) is 46.2 Å². The fraction of sp³-hybridized carbons (Fsp3) is 0.476. The van der Waals surface area contributed by atoms with E-state index in [4.69, 9.17) is 21.3 Å². The number of fused-ring (bicyclic) bond motifs is 2. The molecule has 1 aromatic carbocycles. The number of carbonyl (C=O) groups excluding carboxylic acids is 1. The summed E-state index contributed by atoms with van der Waals surface area (Å²) >= 11 is 6.14. The number of anilines is 1. The molecule has 7 heteroatoms. The summed E-state index contributed by atoms with van der Waals surface area (Å²) in [5.74, 6) is 1.24. The number of aromatic nitrogens is 2. The molecule has 28 heavy (non-hydrogen) atoms. The van der Waals surface area contributed by atoms with Crippen LogP contribution in [0.2, 0.25) is 5.02 Å². The zero-order valence-electron chi connectivity index (χ0n) is 16.5. The second kappa shape index (κ2) is 7.24.